The van der Waals surface area contributed by atoms with Gasteiger partial charge in [0.15, 0.2) is 0 Å². The van der Waals surface area contributed by atoms with E-state index in [0.717, 1.165) is 30.9 Å². The summed E-state index contributed by atoms with van der Waals surface area (Å²) < 4.78 is 15.7. The summed E-state index contributed by atoms with van der Waals surface area (Å²) in [7, 11) is 3.64. The normalized spacial score (nSPS) is 17.9. The van der Waals surface area contributed by atoms with Crippen LogP contribution < -0.4 is 15.4 Å². The van der Waals surface area contributed by atoms with Crippen LogP contribution in [-0.2, 0) is 33.2 Å². The lowest BCUT2D eigenvalue weighted by Crippen LogP contribution is -2.44. The number of hydrogen-bond acceptors (Lipinski definition) is 13. The fraction of sp³-hybridized carbons (Fsp3) is 0.405. The first kappa shape index (κ1) is 40.4. The van der Waals surface area contributed by atoms with Crippen molar-refractivity contribution in [1.29, 1.82) is 0 Å². The van der Waals surface area contributed by atoms with Crippen LogP contribution in [0.25, 0.3) is 0 Å². The molecule has 17 nitrogen and oxygen atoms in total. The summed E-state index contributed by atoms with van der Waals surface area (Å²) in [6.07, 6.45) is 0.270. The van der Waals surface area contributed by atoms with Crippen molar-refractivity contribution in [2.45, 2.75) is 49.5 Å². The summed E-state index contributed by atoms with van der Waals surface area (Å²) in [6, 6.07) is 18.8. The van der Waals surface area contributed by atoms with Crippen LogP contribution in [0.2, 0.25) is 0 Å². The number of likely N-dealkylation sites (tertiary alicyclic amines) is 2. The zero-order valence-corrected chi connectivity index (χ0v) is 31.3. The second kappa shape index (κ2) is 19.5. The highest BCUT2D eigenvalue weighted by atomic mass is 32.2. The number of rotatable bonds is 14. The van der Waals surface area contributed by atoms with Crippen molar-refractivity contribution in [2.75, 3.05) is 40.3 Å². The zero-order chi connectivity index (χ0) is 39.3. The number of carbonyl (C=O) groups excluding carboxylic acids is 3. The van der Waals surface area contributed by atoms with Gasteiger partial charge in [0.2, 0.25) is 11.9 Å². The van der Waals surface area contributed by atoms with E-state index in [1.807, 2.05) is 35.8 Å². The number of alkyl carbamates (subject to hydrolysis) is 2. The minimum absolute atomic E-state index is 0.107. The SMILES string of the molecule is COc1ccc(CS[C@H]2C[C@@H](C(=O)N3CC[C@H](CCN=C(NC(=O)OCc4ccc([N+](=O)[O-])cc4)NC(=O)OCc4ccc([N+](=O)[O-])cc4)C3)N(C)C2)cc1. The van der Waals surface area contributed by atoms with Crippen molar-refractivity contribution in [3.63, 3.8) is 0 Å². The standard InChI is InChI=1S/C37H43N7O10S/c1-41-21-32(55-24-28-7-13-31(52-2)14-8-28)19-33(41)34(45)42-18-16-25(20-42)15-17-38-35(39-36(46)53-22-26-3-9-29(10-4-26)43(48)49)40-37(47)54-23-27-5-11-30(12-6-27)44(50)51/h3-14,25,32-33H,15-24H2,1-2H3,(H2,38,39,40,46,47)/t25-,32-,33-/m0/s1. The first-order valence-corrected chi connectivity index (χ1v) is 18.6. The van der Waals surface area contributed by atoms with Crippen LogP contribution >= 0.6 is 11.8 Å². The van der Waals surface area contributed by atoms with Crippen molar-refractivity contribution >= 4 is 47.2 Å². The van der Waals surface area contributed by atoms with Gasteiger partial charge in [-0.1, -0.05) is 12.1 Å². The average molecular weight is 778 g/mol. The quantitative estimate of drug-likeness (QED) is 0.0930. The Balaban J connectivity index is 1.11. The van der Waals surface area contributed by atoms with Gasteiger partial charge in [-0.25, -0.2) is 9.59 Å². The molecule has 55 heavy (non-hydrogen) atoms. The highest BCUT2D eigenvalue weighted by molar-refractivity contribution is 7.99. The predicted molar refractivity (Wildman–Crippen MR) is 204 cm³/mol. The number of nitrogens with zero attached hydrogens (tertiary/aromatic N) is 5. The summed E-state index contributed by atoms with van der Waals surface area (Å²) >= 11 is 1.86. The summed E-state index contributed by atoms with van der Waals surface area (Å²) in [5.41, 5.74) is 2.00. The third kappa shape index (κ3) is 12.1. The van der Waals surface area contributed by atoms with E-state index >= 15 is 0 Å². The van der Waals surface area contributed by atoms with Crippen molar-refractivity contribution in [1.82, 2.24) is 20.4 Å². The maximum Gasteiger partial charge on any atom is 0.414 e. The minimum Gasteiger partial charge on any atom is -0.497 e. The molecule has 5 rings (SSSR count). The van der Waals surface area contributed by atoms with Crippen LogP contribution in [0.3, 0.4) is 0 Å². The second-order valence-electron chi connectivity index (χ2n) is 13.2. The largest absolute Gasteiger partial charge is 0.497 e. The minimum atomic E-state index is -0.938. The molecule has 3 aromatic rings. The molecule has 0 aromatic heterocycles. The van der Waals surface area contributed by atoms with E-state index < -0.39 is 22.0 Å². The molecule has 0 bridgehead atoms. The second-order valence-corrected chi connectivity index (χ2v) is 14.5. The van der Waals surface area contributed by atoms with Crippen molar-refractivity contribution in [3.8, 4) is 5.75 Å². The number of thioether (sulfide) groups is 1. The molecular weight excluding hydrogens is 735 g/mol. The number of nitro benzene ring substituents is 2. The van der Waals surface area contributed by atoms with Gasteiger partial charge in [0, 0.05) is 61.4 Å². The van der Waals surface area contributed by atoms with Crippen LogP contribution in [0.1, 0.15) is 36.0 Å². The molecule has 0 spiro atoms. The fourth-order valence-corrected chi connectivity index (χ4v) is 7.52. The lowest BCUT2D eigenvalue weighted by molar-refractivity contribution is -0.385. The Labute approximate surface area is 321 Å². The maximum atomic E-state index is 13.6. The number of non-ortho nitro benzene ring substituents is 2. The molecule has 2 saturated heterocycles. The third-order valence-corrected chi connectivity index (χ3v) is 10.6. The molecule has 2 fully saturated rings. The van der Waals surface area contributed by atoms with Crippen LogP contribution in [0.15, 0.2) is 77.8 Å². The van der Waals surface area contributed by atoms with Crippen LogP contribution in [0, 0.1) is 26.1 Å². The number of amides is 3. The monoisotopic (exact) mass is 777 g/mol. The van der Waals surface area contributed by atoms with E-state index in [-0.39, 0.29) is 55.0 Å². The molecule has 3 aromatic carbocycles. The number of methoxy groups -OCH3 is 1. The topological polar surface area (TPSA) is 208 Å². The van der Waals surface area contributed by atoms with Gasteiger partial charge in [-0.05, 0) is 85.3 Å². The number of nitro groups is 2. The summed E-state index contributed by atoms with van der Waals surface area (Å²) in [4.78, 5) is 68.1. The number of likely N-dealkylation sites (N-methyl/N-ethyl adjacent to an activating group) is 1. The molecule has 3 amide bonds. The average Bonchev–Trinajstić information content (AvgIpc) is 3.82. The molecule has 18 heteroatoms. The lowest BCUT2D eigenvalue weighted by atomic mass is 10.1. The number of nitrogens with one attached hydrogen (secondary N) is 2. The predicted octanol–water partition coefficient (Wildman–Crippen LogP) is 5.26. The molecule has 2 heterocycles. The highest BCUT2D eigenvalue weighted by Crippen LogP contribution is 2.31. The molecule has 3 atom stereocenters. The van der Waals surface area contributed by atoms with Crippen molar-refractivity contribution in [2.24, 2.45) is 10.9 Å². The van der Waals surface area contributed by atoms with Crippen LogP contribution in [0.5, 0.6) is 5.75 Å². The van der Waals surface area contributed by atoms with Gasteiger partial charge in [0.05, 0.1) is 23.0 Å². The Kier molecular flexibility index (Phi) is 14.4. The number of ether oxygens (including phenoxy) is 3. The van der Waals surface area contributed by atoms with Gasteiger partial charge in [0.25, 0.3) is 11.4 Å². The van der Waals surface area contributed by atoms with E-state index in [1.54, 1.807) is 7.11 Å². The van der Waals surface area contributed by atoms with Gasteiger partial charge in [0.1, 0.15) is 19.0 Å². The highest BCUT2D eigenvalue weighted by Gasteiger charge is 2.39. The number of benzene rings is 3. The Bertz CT molecular complexity index is 1770. The summed E-state index contributed by atoms with van der Waals surface area (Å²) in [5.74, 6) is 1.73. The maximum absolute atomic E-state index is 13.6. The Morgan fingerprint density at radius 1 is 0.836 bits per heavy atom. The number of carbonyl (C=O) groups is 3. The van der Waals surface area contributed by atoms with Gasteiger partial charge in [-0.15, -0.1) is 0 Å². The van der Waals surface area contributed by atoms with Gasteiger partial charge in [-0.2, -0.15) is 11.8 Å². The van der Waals surface area contributed by atoms with E-state index in [9.17, 15) is 34.6 Å². The van der Waals surface area contributed by atoms with Crippen molar-refractivity contribution < 1.29 is 38.4 Å². The summed E-state index contributed by atoms with van der Waals surface area (Å²) in [5, 5.41) is 27.0. The van der Waals surface area contributed by atoms with Crippen LogP contribution in [-0.4, -0.2) is 95.3 Å². The zero-order valence-electron chi connectivity index (χ0n) is 30.5. The molecular formula is C37H43N7O10S. The van der Waals surface area contributed by atoms with Gasteiger partial charge < -0.3 is 19.1 Å². The molecule has 0 radical (unpaired) electrons. The number of aliphatic imine (C=N–C) groups is 1. The molecule has 2 N–H and O–H groups in total. The van der Waals surface area contributed by atoms with Crippen LogP contribution in [0.4, 0.5) is 21.0 Å². The first-order valence-electron chi connectivity index (χ1n) is 17.6. The van der Waals surface area contributed by atoms with Crippen molar-refractivity contribution in [3.05, 3.63) is 110 Å². The smallest absolute Gasteiger partial charge is 0.414 e. The molecule has 2 aliphatic heterocycles. The lowest BCUT2D eigenvalue weighted by Gasteiger charge is -2.25. The van der Waals surface area contributed by atoms with E-state index in [1.165, 1.54) is 54.1 Å². The molecule has 292 valence electrons. The Morgan fingerprint density at radius 3 is 1.91 bits per heavy atom. The van der Waals surface area contributed by atoms with E-state index in [4.69, 9.17) is 14.2 Å². The first-order chi connectivity index (χ1) is 26.5. The Hall–Kier alpha value is -5.75. The molecule has 0 saturated carbocycles. The van der Waals surface area contributed by atoms with E-state index in [2.05, 4.69) is 32.7 Å². The molecule has 0 unspecified atom stereocenters. The number of guanidine groups is 1. The number of hydrogen-bond donors (Lipinski definition) is 2. The van der Waals surface area contributed by atoms with E-state index in [0.29, 0.717) is 35.9 Å². The van der Waals surface area contributed by atoms with Gasteiger partial charge >= 0.3 is 12.2 Å². The Morgan fingerprint density at radius 2 is 1.38 bits per heavy atom. The molecule has 2 aliphatic rings. The fourth-order valence-electron chi connectivity index (χ4n) is 6.24. The summed E-state index contributed by atoms with van der Waals surface area (Å²) in [6.45, 7) is 1.85. The third-order valence-electron chi connectivity index (χ3n) is 9.32. The van der Waals surface area contributed by atoms with Gasteiger partial charge in [-0.3, -0.25) is 45.5 Å². The molecule has 0 aliphatic carbocycles.